The number of rotatable bonds is 4. The molecule has 0 amide bonds. The highest BCUT2D eigenvalue weighted by atomic mass is 32.2. The molecule has 0 aromatic heterocycles. The number of aryl methyl sites for hydroxylation is 2. The summed E-state index contributed by atoms with van der Waals surface area (Å²) in [6, 6.07) is 9.77. The first-order chi connectivity index (χ1) is 14.3. The Kier molecular flexibility index (Phi) is 6.30. The van der Waals surface area contributed by atoms with Gasteiger partial charge in [0.15, 0.2) is 0 Å². The van der Waals surface area contributed by atoms with Gasteiger partial charge >= 0.3 is 21.7 Å². The van der Waals surface area contributed by atoms with Crippen LogP contribution >= 0.6 is 0 Å². The van der Waals surface area contributed by atoms with E-state index in [4.69, 9.17) is 0 Å². The molecule has 1 aliphatic rings. The number of hydrogen-bond donors (Lipinski definition) is 1. The van der Waals surface area contributed by atoms with Crippen LogP contribution in [-0.4, -0.2) is 30.8 Å². The molecule has 4 nitrogen and oxygen atoms in total. The Morgan fingerprint density at radius 3 is 2.26 bits per heavy atom. The second-order valence-electron chi connectivity index (χ2n) is 7.44. The maximum absolute atomic E-state index is 13.4. The maximum Gasteiger partial charge on any atom is 0.511 e. The van der Waals surface area contributed by atoms with E-state index < -0.39 is 52.0 Å². The second kappa shape index (κ2) is 8.34. The van der Waals surface area contributed by atoms with Crippen LogP contribution in [0.2, 0.25) is 0 Å². The average molecular weight is 466 g/mol. The molecular formula is C20H20F6N2O2S. The van der Waals surface area contributed by atoms with E-state index in [9.17, 15) is 34.8 Å². The lowest BCUT2D eigenvalue weighted by Crippen LogP contribution is -2.44. The van der Waals surface area contributed by atoms with Crippen LogP contribution < -0.4 is 5.32 Å². The lowest BCUT2D eigenvalue weighted by Gasteiger charge is -2.25. The topological polar surface area (TPSA) is 49.4 Å². The van der Waals surface area contributed by atoms with Gasteiger partial charge in [-0.15, -0.1) is 0 Å². The molecule has 31 heavy (non-hydrogen) atoms. The first-order valence-corrected chi connectivity index (χ1v) is 10.8. The zero-order valence-corrected chi connectivity index (χ0v) is 17.2. The van der Waals surface area contributed by atoms with E-state index in [0.29, 0.717) is 6.42 Å². The first-order valence-electron chi connectivity index (χ1n) is 9.36. The minimum atomic E-state index is -5.82. The molecule has 1 unspecified atom stereocenters. The van der Waals surface area contributed by atoms with Crippen molar-refractivity contribution >= 4 is 15.7 Å². The van der Waals surface area contributed by atoms with E-state index in [1.165, 1.54) is 6.07 Å². The summed E-state index contributed by atoms with van der Waals surface area (Å²) in [6.07, 6.45) is -4.21. The predicted molar refractivity (Wildman–Crippen MR) is 104 cm³/mol. The number of fused-ring (bicyclic) bond motifs is 1. The van der Waals surface area contributed by atoms with Gasteiger partial charge < -0.3 is 5.32 Å². The highest BCUT2D eigenvalue weighted by Gasteiger charge is 2.51. The van der Waals surface area contributed by atoms with Crippen LogP contribution in [0.15, 0.2) is 42.5 Å². The van der Waals surface area contributed by atoms with Crippen molar-refractivity contribution in [1.82, 2.24) is 4.31 Å². The molecule has 1 atom stereocenters. The summed E-state index contributed by atoms with van der Waals surface area (Å²) in [5.41, 5.74) is -5.44. The number of nitrogens with one attached hydrogen (secondary N) is 1. The molecule has 1 heterocycles. The molecule has 1 N–H and O–H groups in total. The summed E-state index contributed by atoms with van der Waals surface area (Å²) in [7, 11) is -5.82. The van der Waals surface area contributed by atoms with Crippen LogP contribution in [0.5, 0.6) is 0 Å². The number of benzene rings is 2. The molecule has 0 saturated carbocycles. The fraction of sp³-hybridized carbons (Fsp3) is 0.400. The first kappa shape index (κ1) is 23.4. The van der Waals surface area contributed by atoms with Gasteiger partial charge in [0.1, 0.15) is 0 Å². The molecule has 1 aliphatic heterocycles. The highest BCUT2D eigenvalue weighted by molar-refractivity contribution is 7.89. The number of nitrogens with zero attached hydrogens (tertiary/aromatic N) is 1. The van der Waals surface area contributed by atoms with Crippen molar-refractivity contribution in [3.63, 3.8) is 0 Å². The van der Waals surface area contributed by atoms with Gasteiger partial charge in [-0.1, -0.05) is 35.9 Å². The molecule has 170 valence electrons. The zero-order valence-electron chi connectivity index (χ0n) is 16.4. The second-order valence-corrected chi connectivity index (χ2v) is 9.37. The summed E-state index contributed by atoms with van der Waals surface area (Å²) in [5, 5.41) is 2.83. The average Bonchev–Trinajstić information content (AvgIpc) is 2.85. The smallest absolute Gasteiger partial charge is 0.381 e. The standard InChI is InChI=1S/C20H20F6N2O2S/c1-13-5-7-14(8-6-13)9-10-15-11-28(31(29,30)20(24,25)26)12-16-17(19(21,22)23)3-2-4-18(16)27-15/h2-8,15,27H,9-12H2,1H3. The normalized spacial score (nSPS) is 18.2. The van der Waals surface area contributed by atoms with Gasteiger partial charge in [0.25, 0.3) is 0 Å². The highest BCUT2D eigenvalue weighted by Crippen LogP contribution is 2.39. The predicted octanol–water partition coefficient (Wildman–Crippen LogP) is 5.09. The van der Waals surface area contributed by atoms with Crippen LogP contribution in [-0.2, 0) is 29.2 Å². The molecule has 0 fully saturated rings. The Bertz CT molecular complexity index is 1030. The van der Waals surface area contributed by atoms with Crippen LogP contribution in [0.3, 0.4) is 0 Å². The SMILES string of the molecule is Cc1ccc(CCC2CN(S(=O)(=O)C(F)(F)F)Cc3c(cccc3C(F)(F)F)N2)cc1. The fourth-order valence-corrected chi connectivity index (χ4v) is 4.47. The lowest BCUT2D eigenvalue weighted by atomic mass is 10.0. The summed E-state index contributed by atoms with van der Waals surface area (Å²) in [4.78, 5) is 0. The Morgan fingerprint density at radius 1 is 1.03 bits per heavy atom. The molecule has 0 bridgehead atoms. The third kappa shape index (κ3) is 5.15. The maximum atomic E-state index is 13.4. The Labute approximate surface area is 175 Å². The van der Waals surface area contributed by atoms with Crippen LogP contribution in [0.1, 0.15) is 28.7 Å². The van der Waals surface area contributed by atoms with Gasteiger partial charge in [0.05, 0.1) is 5.56 Å². The van der Waals surface area contributed by atoms with Crippen molar-refractivity contribution in [2.24, 2.45) is 0 Å². The van der Waals surface area contributed by atoms with Crippen molar-refractivity contribution in [3.8, 4) is 0 Å². The molecule has 0 radical (unpaired) electrons. The number of hydrogen-bond acceptors (Lipinski definition) is 3. The summed E-state index contributed by atoms with van der Waals surface area (Å²) >= 11 is 0. The summed E-state index contributed by atoms with van der Waals surface area (Å²) in [6.45, 7) is 0.256. The van der Waals surface area contributed by atoms with Crippen molar-refractivity contribution in [3.05, 3.63) is 64.7 Å². The number of anilines is 1. The molecule has 11 heteroatoms. The molecule has 0 spiro atoms. The minimum Gasteiger partial charge on any atom is -0.381 e. The third-order valence-corrected chi connectivity index (χ3v) is 6.68. The van der Waals surface area contributed by atoms with Gasteiger partial charge in [-0.25, -0.2) is 8.42 Å². The number of halogens is 6. The third-order valence-electron chi connectivity index (χ3n) is 5.13. The quantitative estimate of drug-likeness (QED) is 0.639. The molecule has 0 saturated heterocycles. The number of sulfonamides is 1. The van der Waals surface area contributed by atoms with Crippen LogP contribution in [0.4, 0.5) is 32.0 Å². The van der Waals surface area contributed by atoms with Gasteiger partial charge in [0, 0.05) is 30.4 Å². The van der Waals surface area contributed by atoms with Gasteiger partial charge in [-0.2, -0.15) is 30.6 Å². The molecular weight excluding hydrogens is 446 g/mol. The van der Waals surface area contributed by atoms with Crippen LogP contribution in [0.25, 0.3) is 0 Å². The van der Waals surface area contributed by atoms with E-state index in [1.54, 1.807) is 0 Å². The van der Waals surface area contributed by atoms with E-state index in [-0.39, 0.29) is 16.4 Å². The molecule has 2 aromatic carbocycles. The molecule has 3 rings (SSSR count). The van der Waals surface area contributed by atoms with Crippen molar-refractivity contribution in [2.45, 2.75) is 44.0 Å². The van der Waals surface area contributed by atoms with Crippen LogP contribution in [0, 0.1) is 6.92 Å². The van der Waals surface area contributed by atoms with Crippen molar-refractivity contribution < 1.29 is 34.8 Å². The van der Waals surface area contributed by atoms with Gasteiger partial charge in [-0.3, -0.25) is 0 Å². The summed E-state index contributed by atoms with van der Waals surface area (Å²) in [5.74, 6) is 0. The lowest BCUT2D eigenvalue weighted by molar-refractivity contribution is -0.138. The van der Waals surface area contributed by atoms with Gasteiger partial charge in [-0.05, 0) is 37.5 Å². The van der Waals surface area contributed by atoms with E-state index in [0.717, 1.165) is 23.3 Å². The minimum absolute atomic E-state index is 0.0244. The van der Waals surface area contributed by atoms with E-state index in [1.807, 2.05) is 31.2 Å². The Hall–Kier alpha value is -2.27. The zero-order chi connectivity index (χ0) is 23.0. The summed E-state index contributed by atoms with van der Waals surface area (Å²) < 4.78 is 104. The van der Waals surface area contributed by atoms with E-state index >= 15 is 0 Å². The largest absolute Gasteiger partial charge is 0.511 e. The fourth-order valence-electron chi connectivity index (χ4n) is 3.50. The molecule has 0 aliphatic carbocycles. The molecule has 2 aromatic rings. The van der Waals surface area contributed by atoms with E-state index in [2.05, 4.69) is 5.32 Å². The van der Waals surface area contributed by atoms with Gasteiger partial charge in [0.2, 0.25) is 0 Å². The monoisotopic (exact) mass is 466 g/mol. The number of alkyl halides is 6. The Morgan fingerprint density at radius 2 is 1.68 bits per heavy atom. The van der Waals surface area contributed by atoms with Crippen molar-refractivity contribution in [2.75, 3.05) is 11.9 Å². The Balaban J connectivity index is 1.98. The van der Waals surface area contributed by atoms with Crippen molar-refractivity contribution in [1.29, 1.82) is 0 Å².